The second kappa shape index (κ2) is 8.32. The number of carbonyl (C=O) groups is 1. The van der Waals surface area contributed by atoms with Crippen molar-refractivity contribution in [3.8, 4) is 11.5 Å². The van der Waals surface area contributed by atoms with Crippen molar-refractivity contribution in [2.24, 2.45) is 0 Å². The summed E-state index contributed by atoms with van der Waals surface area (Å²) in [6.07, 6.45) is -3.69. The highest BCUT2D eigenvalue weighted by Gasteiger charge is 2.42. The lowest BCUT2D eigenvalue weighted by molar-refractivity contribution is -0.137. The second-order valence-electron chi connectivity index (χ2n) is 6.80. The van der Waals surface area contributed by atoms with E-state index >= 15 is 0 Å². The predicted octanol–water partition coefficient (Wildman–Crippen LogP) is 4.41. The molecule has 1 fully saturated rings. The Morgan fingerprint density at radius 1 is 1.03 bits per heavy atom. The Morgan fingerprint density at radius 2 is 1.72 bits per heavy atom. The van der Waals surface area contributed by atoms with Crippen molar-refractivity contribution < 1.29 is 32.2 Å². The number of amides is 1. The van der Waals surface area contributed by atoms with Gasteiger partial charge in [0, 0.05) is 18.9 Å². The van der Waals surface area contributed by atoms with E-state index in [1.165, 1.54) is 26.4 Å². The fourth-order valence-electron chi connectivity index (χ4n) is 3.52. The summed E-state index contributed by atoms with van der Waals surface area (Å²) in [6, 6.07) is 9.82. The minimum Gasteiger partial charge on any atom is -0.493 e. The number of halogens is 3. The molecule has 0 saturated carbocycles. The van der Waals surface area contributed by atoms with Crippen LogP contribution in [0.25, 0.3) is 0 Å². The molecule has 0 radical (unpaired) electrons. The number of methoxy groups -OCH3 is 2. The number of rotatable bonds is 5. The van der Waals surface area contributed by atoms with Crippen LogP contribution in [0.15, 0.2) is 42.5 Å². The number of nitrogens with one attached hydrogen (secondary N) is 1. The van der Waals surface area contributed by atoms with Crippen molar-refractivity contribution in [1.82, 2.24) is 0 Å². The number of hydrogen-bond acceptors (Lipinski definition) is 4. The van der Waals surface area contributed by atoms with Crippen LogP contribution in [0.2, 0.25) is 0 Å². The van der Waals surface area contributed by atoms with Crippen molar-refractivity contribution in [3.05, 3.63) is 53.6 Å². The molecule has 0 spiro atoms. The first-order chi connectivity index (χ1) is 13.8. The Morgan fingerprint density at radius 3 is 2.34 bits per heavy atom. The molecule has 1 aliphatic heterocycles. The van der Waals surface area contributed by atoms with E-state index in [2.05, 4.69) is 5.32 Å². The molecule has 8 heteroatoms. The number of benzene rings is 2. The highest BCUT2D eigenvalue weighted by atomic mass is 19.4. The summed E-state index contributed by atoms with van der Waals surface area (Å²) in [5.74, 6) is 0.617. The molecule has 1 N–H and O–H groups in total. The van der Waals surface area contributed by atoms with E-state index < -0.39 is 17.2 Å². The molecule has 0 atom stereocenters. The number of hydrogen-bond donors (Lipinski definition) is 1. The van der Waals surface area contributed by atoms with E-state index in [1.54, 1.807) is 18.2 Å². The fourth-order valence-corrected chi connectivity index (χ4v) is 3.52. The maximum atomic E-state index is 13.3. The molecule has 1 amide bonds. The van der Waals surface area contributed by atoms with Gasteiger partial charge < -0.3 is 19.5 Å². The van der Waals surface area contributed by atoms with Crippen molar-refractivity contribution in [2.75, 3.05) is 32.8 Å². The third-order valence-corrected chi connectivity index (χ3v) is 5.16. The topological polar surface area (TPSA) is 56.8 Å². The lowest BCUT2D eigenvalue weighted by Gasteiger charge is -2.36. The van der Waals surface area contributed by atoms with Gasteiger partial charge >= 0.3 is 6.18 Å². The number of anilines is 1. The maximum absolute atomic E-state index is 13.3. The minimum atomic E-state index is -4.49. The van der Waals surface area contributed by atoms with Gasteiger partial charge in [0.25, 0.3) is 0 Å². The molecular formula is C21H22F3NO4. The highest BCUT2D eigenvalue weighted by molar-refractivity contribution is 5.99. The lowest BCUT2D eigenvalue weighted by Crippen LogP contribution is -2.44. The van der Waals surface area contributed by atoms with Crippen molar-refractivity contribution in [3.63, 3.8) is 0 Å². The van der Waals surface area contributed by atoms with Gasteiger partial charge in [-0.25, -0.2) is 0 Å². The first kappa shape index (κ1) is 21.0. The number of carbonyl (C=O) groups excluding carboxylic acids is 1. The van der Waals surface area contributed by atoms with Crippen LogP contribution >= 0.6 is 0 Å². The van der Waals surface area contributed by atoms with Gasteiger partial charge in [-0.3, -0.25) is 4.79 Å². The van der Waals surface area contributed by atoms with Crippen molar-refractivity contribution in [1.29, 1.82) is 0 Å². The average Bonchev–Trinajstić information content (AvgIpc) is 2.73. The van der Waals surface area contributed by atoms with Gasteiger partial charge in [0.1, 0.15) is 0 Å². The quantitative estimate of drug-likeness (QED) is 0.795. The van der Waals surface area contributed by atoms with E-state index in [4.69, 9.17) is 14.2 Å². The van der Waals surface area contributed by atoms with Crippen LogP contribution in [0.1, 0.15) is 24.0 Å². The number of alkyl halides is 3. The van der Waals surface area contributed by atoms with Crippen molar-refractivity contribution in [2.45, 2.75) is 24.4 Å². The molecule has 1 heterocycles. The van der Waals surface area contributed by atoms with E-state index in [-0.39, 0.29) is 11.6 Å². The molecular weight excluding hydrogens is 387 g/mol. The highest BCUT2D eigenvalue weighted by Crippen LogP contribution is 2.40. The summed E-state index contributed by atoms with van der Waals surface area (Å²) in [5, 5.41) is 2.66. The average molecular weight is 409 g/mol. The Hall–Kier alpha value is -2.74. The summed E-state index contributed by atoms with van der Waals surface area (Å²) in [6.45, 7) is 0.731. The lowest BCUT2D eigenvalue weighted by atomic mass is 9.73. The van der Waals surface area contributed by atoms with Crippen LogP contribution in [0.5, 0.6) is 11.5 Å². The second-order valence-corrected chi connectivity index (χ2v) is 6.80. The van der Waals surface area contributed by atoms with Gasteiger partial charge in [-0.1, -0.05) is 12.1 Å². The zero-order chi connectivity index (χ0) is 21.1. The normalized spacial score (nSPS) is 16.2. The van der Waals surface area contributed by atoms with Crippen LogP contribution in [-0.2, 0) is 21.1 Å². The SMILES string of the molecule is COc1ccc(C2(C(=O)Nc3cccc(C(F)(F)F)c3)CCOCC2)cc1OC. The molecule has 2 aromatic carbocycles. The Balaban J connectivity index is 1.96. The zero-order valence-corrected chi connectivity index (χ0v) is 16.1. The molecule has 0 bridgehead atoms. The van der Waals surface area contributed by atoms with E-state index in [0.717, 1.165) is 12.1 Å². The maximum Gasteiger partial charge on any atom is 0.416 e. The summed E-state index contributed by atoms with van der Waals surface area (Å²) < 4.78 is 55.0. The third kappa shape index (κ3) is 4.32. The molecule has 0 aliphatic carbocycles. The Kier molecular flexibility index (Phi) is 6.02. The van der Waals surface area contributed by atoms with Gasteiger partial charge in [-0.15, -0.1) is 0 Å². The summed E-state index contributed by atoms with van der Waals surface area (Å²) >= 11 is 0. The van der Waals surface area contributed by atoms with Gasteiger partial charge in [0.2, 0.25) is 5.91 Å². The first-order valence-electron chi connectivity index (χ1n) is 9.09. The molecule has 0 aromatic heterocycles. The summed E-state index contributed by atoms with van der Waals surface area (Å²) in [4.78, 5) is 13.3. The third-order valence-electron chi connectivity index (χ3n) is 5.16. The molecule has 0 unspecified atom stereocenters. The van der Waals surface area contributed by atoms with Gasteiger partial charge in [-0.05, 0) is 48.7 Å². The summed E-state index contributed by atoms with van der Waals surface area (Å²) in [5.41, 5.74) is -0.979. The minimum absolute atomic E-state index is 0.0937. The zero-order valence-electron chi connectivity index (χ0n) is 16.1. The van der Waals surface area contributed by atoms with Crippen LogP contribution in [0.3, 0.4) is 0 Å². The molecule has 29 heavy (non-hydrogen) atoms. The van der Waals surface area contributed by atoms with Crippen molar-refractivity contribution >= 4 is 11.6 Å². The first-order valence-corrected chi connectivity index (χ1v) is 9.09. The van der Waals surface area contributed by atoms with Gasteiger partial charge in [0.15, 0.2) is 11.5 Å². The van der Waals surface area contributed by atoms with Crippen LogP contribution in [0, 0.1) is 0 Å². The van der Waals surface area contributed by atoms with E-state index in [1.807, 2.05) is 0 Å². The van der Waals surface area contributed by atoms with E-state index in [9.17, 15) is 18.0 Å². The summed E-state index contributed by atoms with van der Waals surface area (Å²) in [7, 11) is 3.02. The standard InChI is InChI=1S/C21H22F3NO4/c1-27-17-7-6-14(13-18(17)28-2)20(8-10-29-11-9-20)19(26)25-16-5-3-4-15(12-16)21(22,23)24/h3-7,12-13H,8-11H2,1-2H3,(H,25,26). The van der Waals surface area contributed by atoms with Crippen LogP contribution < -0.4 is 14.8 Å². The largest absolute Gasteiger partial charge is 0.493 e. The van der Waals surface area contributed by atoms with Gasteiger partial charge in [0.05, 0.1) is 25.2 Å². The van der Waals surface area contributed by atoms with Crippen LogP contribution in [-0.4, -0.2) is 33.3 Å². The molecule has 3 rings (SSSR count). The molecule has 2 aromatic rings. The van der Waals surface area contributed by atoms with Gasteiger partial charge in [-0.2, -0.15) is 13.2 Å². The number of ether oxygens (including phenoxy) is 3. The smallest absolute Gasteiger partial charge is 0.416 e. The van der Waals surface area contributed by atoms with Crippen LogP contribution in [0.4, 0.5) is 18.9 Å². The predicted molar refractivity (Wildman–Crippen MR) is 101 cm³/mol. The Bertz CT molecular complexity index is 876. The molecule has 156 valence electrons. The molecule has 5 nitrogen and oxygen atoms in total. The fraction of sp³-hybridized carbons (Fsp3) is 0.381. The molecule has 1 aliphatic rings. The molecule has 1 saturated heterocycles. The van der Waals surface area contributed by atoms with E-state index in [0.29, 0.717) is 43.1 Å². The monoisotopic (exact) mass is 409 g/mol. The Labute approximate surface area is 166 Å².